The van der Waals surface area contributed by atoms with E-state index >= 15 is 0 Å². The molecule has 4 nitrogen and oxygen atoms in total. The van der Waals surface area contributed by atoms with Gasteiger partial charge in [-0.1, -0.05) is 28.1 Å². The van der Waals surface area contributed by atoms with Crippen molar-refractivity contribution in [3.63, 3.8) is 0 Å². The number of nitrogens with one attached hydrogen (secondary N) is 1. The Balaban J connectivity index is 2.28. The maximum atomic E-state index is 12.6. The average Bonchev–Trinajstić information content (AvgIpc) is 2.56. The first-order valence-corrected chi connectivity index (χ1v) is 8.11. The number of carbonyl (C=O) groups is 2. The molecule has 0 atom stereocenters. The molecule has 0 aliphatic heterocycles. The van der Waals surface area contributed by atoms with Gasteiger partial charge >= 0.3 is 5.97 Å². The van der Waals surface area contributed by atoms with E-state index in [0.717, 1.165) is 10.0 Å². The van der Waals surface area contributed by atoms with E-state index in [2.05, 4.69) is 21.2 Å². The van der Waals surface area contributed by atoms with Crippen LogP contribution in [0.15, 0.2) is 46.9 Å². The van der Waals surface area contributed by atoms with E-state index in [9.17, 15) is 9.59 Å². The number of rotatable bonds is 6. The fraction of sp³-hybridized carbons (Fsp3) is 0.222. The molecule has 120 valence electrons. The quantitative estimate of drug-likeness (QED) is 0.610. The SMILES string of the molecule is CCOC(=O)c1ccc(NC)c(C(=O)Cc2ccc(Br)cc2)c1. The Kier molecular flexibility index (Phi) is 5.93. The predicted molar refractivity (Wildman–Crippen MR) is 94.1 cm³/mol. The molecule has 0 heterocycles. The van der Waals surface area contributed by atoms with Crippen LogP contribution in [0.5, 0.6) is 0 Å². The Morgan fingerprint density at radius 2 is 1.83 bits per heavy atom. The largest absolute Gasteiger partial charge is 0.462 e. The van der Waals surface area contributed by atoms with E-state index < -0.39 is 5.97 Å². The molecule has 5 heteroatoms. The number of ether oxygens (including phenoxy) is 1. The van der Waals surface area contributed by atoms with Crippen LogP contribution < -0.4 is 5.32 Å². The van der Waals surface area contributed by atoms with Gasteiger partial charge in [-0.15, -0.1) is 0 Å². The Morgan fingerprint density at radius 3 is 2.43 bits per heavy atom. The lowest BCUT2D eigenvalue weighted by Crippen LogP contribution is -2.11. The molecule has 0 amide bonds. The molecule has 1 N–H and O–H groups in total. The highest BCUT2D eigenvalue weighted by Crippen LogP contribution is 2.21. The molecule has 2 aromatic carbocycles. The summed E-state index contributed by atoms with van der Waals surface area (Å²) in [5.41, 5.74) is 2.48. The van der Waals surface area contributed by atoms with E-state index in [1.807, 2.05) is 24.3 Å². The van der Waals surface area contributed by atoms with Crippen molar-refractivity contribution in [2.75, 3.05) is 19.0 Å². The summed E-state index contributed by atoms with van der Waals surface area (Å²) in [6.07, 6.45) is 0.272. The number of halogens is 1. The summed E-state index contributed by atoms with van der Waals surface area (Å²) in [6.45, 7) is 2.05. The lowest BCUT2D eigenvalue weighted by atomic mass is 9.99. The molecule has 0 radical (unpaired) electrons. The Labute approximate surface area is 144 Å². The molecule has 0 aliphatic carbocycles. The first-order chi connectivity index (χ1) is 11.0. The lowest BCUT2D eigenvalue weighted by molar-refractivity contribution is 0.0526. The number of benzene rings is 2. The highest BCUT2D eigenvalue weighted by atomic mass is 79.9. The highest BCUT2D eigenvalue weighted by molar-refractivity contribution is 9.10. The van der Waals surface area contributed by atoms with E-state index in [4.69, 9.17) is 4.74 Å². The molecule has 0 saturated heterocycles. The van der Waals surface area contributed by atoms with Crippen molar-refractivity contribution in [3.05, 3.63) is 63.6 Å². The number of carbonyl (C=O) groups excluding carboxylic acids is 2. The van der Waals surface area contributed by atoms with Crippen LogP contribution in [0.1, 0.15) is 33.2 Å². The van der Waals surface area contributed by atoms with Crippen molar-refractivity contribution in [1.82, 2.24) is 0 Å². The first kappa shape index (κ1) is 17.2. The standard InChI is InChI=1S/C18H18BrNO3/c1-3-23-18(22)13-6-9-16(20-2)15(11-13)17(21)10-12-4-7-14(19)8-5-12/h4-9,11,20H,3,10H2,1-2H3. The van der Waals surface area contributed by atoms with Gasteiger partial charge in [0.25, 0.3) is 0 Å². The number of ketones is 1. The molecule has 23 heavy (non-hydrogen) atoms. The lowest BCUT2D eigenvalue weighted by Gasteiger charge is -2.11. The second-order valence-electron chi connectivity index (χ2n) is 4.96. The Bertz CT molecular complexity index is 711. The average molecular weight is 376 g/mol. The number of hydrogen-bond donors (Lipinski definition) is 1. The minimum absolute atomic E-state index is 0.0529. The maximum Gasteiger partial charge on any atom is 0.338 e. The summed E-state index contributed by atoms with van der Waals surface area (Å²) in [7, 11) is 1.75. The Morgan fingerprint density at radius 1 is 1.13 bits per heavy atom. The third kappa shape index (κ3) is 4.42. The van der Waals surface area contributed by atoms with Crippen LogP contribution in [0, 0.1) is 0 Å². The second kappa shape index (κ2) is 7.92. The van der Waals surface area contributed by atoms with Crippen molar-refractivity contribution < 1.29 is 14.3 Å². The Hall–Kier alpha value is -2.14. The third-order valence-electron chi connectivity index (χ3n) is 3.38. The van der Waals surface area contributed by atoms with Gasteiger partial charge < -0.3 is 10.1 Å². The van der Waals surface area contributed by atoms with E-state index in [-0.39, 0.29) is 12.2 Å². The monoisotopic (exact) mass is 375 g/mol. The normalized spacial score (nSPS) is 10.2. The fourth-order valence-corrected chi connectivity index (χ4v) is 2.48. The number of esters is 1. The summed E-state index contributed by atoms with van der Waals surface area (Å²) in [5.74, 6) is -0.476. The van der Waals surface area contributed by atoms with Gasteiger partial charge in [0.15, 0.2) is 5.78 Å². The zero-order valence-electron chi connectivity index (χ0n) is 13.1. The van der Waals surface area contributed by atoms with Crippen molar-refractivity contribution in [1.29, 1.82) is 0 Å². The summed E-state index contributed by atoms with van der Waals surface area (Å²) < 4.78 is 5.96. The molecule has 0 bridgehead atoms. The molecule has 0 spiro atoms. The van der Waals surface area contributed by atoms with Crippen molar-refractivity contribution in [2.24, 2.45) is 0 Å². The molecule has 0 aliphatic rings. The topological polar surface area (TPSA) is 55.4 Å². The van der Waals surface area contributed by atoms with E-state index in [0.29, 0.717) is 23.4 Å². The van der Waals surface area contributed by atoms with Crippen molar-refractivity contribution >= 4 is 33.4 Å². The summed E-state index contributed by atoms with van der Waals surface area (Å²) >= 11 is 3.37. The van der Waals surface area contributed by atoms with Crippen LogP contribution in [0.3, 0.4) is 0 Å². The number of anilines is 1. The maximum absolute atomic E-state index is 12.6. The van der Waals surface area contributed by atoms with E-state index in [1.54, 1.807) is 32.2 Å². The zero-order valence-corrected chi connectivity index (χ0v) is 14.6. The van der Waals surface area contributed by atoms with Gasteiger partial charge in [0.2, 0.25) is 0 Å². The van der Waals surface area contributed by atoms with Crippen LogP contribution in [0.4, 0.5) is 5.69 Å². The van der Waals surface area contributed by atoms with Gasteiger partial charge in [0.1, 0.15) is 0 Å². The van der Waals surface area contributed by atoms with Crippen LogP contribution in [0.25, 0.3) is 0 Å². The van der Waals surface area contributed by atoms with Gasteiger partial charge in [-0.2, -0.15) is 0 Å². The van der Waals surface area contributed by atoms with Crippen LogP contribution in [-0.4, -0.2) is 25.4 Å². The van der Waals surface area contributed by atoms with Gasteiger partial charge in [-0.3, -0.25) is 4.79 Å². The smallest absolute Gasteiger partial charge is 0.338 e. The number of hydrogen-bond acceptors (Lipinski definition) is 4. The summed E-state index contributed by atoms with van der Waals surface area (Å²) in [6, 6.07) is 12.6. The minimum atomic E-state index is -0.423. The molecule has 0 aromatic heterocycles. The minimum Gasteiger partial charge on any atom is -0.462 e. The van der Waals surface area contributed by atoms with Gasteiger partial charge in [0, 0.05) is 29.2 Å². The summed E-state index contributed by atoms with van der Waals surface area (Å²) in [4.78, 5) is 24.5. The van der Waals surface area contributed by atoms with Gasteiger partial charge in [-0.05, 0) is 42.8 Å². The molecule has 0 fully saturated rings. The zero-order chi connectivity index (χ0) is 16.8. The second-order valence-corrected chi connectivity index (χ2v) is 5.87. The molecule has 0 unspecified atom stereocenters. The molecule has 2 rings (SSSR count). The van der Waals surface area contributed by atoms with E-state index in [1.165, 1.54) is 0 Å². The van der Waals surface area contributed by atoms with Gasteiger partial charge in [-0.25, -0.2) is 4.79 Å². The first-order valence-electron chi connectivity index (χ1n) is 7.31. The fourth-order valence-electron chi connectivity index (χ4n) is 2.22. The molecular formula is C18H18BrNO3. The molecular weight excluding hydrogens is 358 g/mol. The van der Waals surface area contributed by atoms with Crippen LogP contribution >= 0.6 is 15.9 Å². The predicted octanol–water partition coefficient (Wildman–Crippen LogP) is 4.09. The van der Waals surface area contributed by atoms with Crippen LogP contribution in [-0.2, 0) is 11.2 Å². The molecule has 2 aromatic rings. The van der Waals surface area contributed by atoms with Gasteiger partial charge in [0.05, 0.1) is 12.2 Å². The summed E-state index contributed by atoms with van der Waals surface area (Å²) in [5, 5.41) is 2.99. The molecule has 0 saturated carbocycles. The van der Waals surface area contributed by atoms with Crippen molar-refractivity contribution in [2.45, 2.75) is 13.3 Å². The van der Waals surface area contributed by atoms with Crippen LogP contribution in [0.2, 0.25) is 0 Å². The third-order valence-corrected chi connectivity index (χ3v) is 3.91. The highest BCUT2D eigenvalue weighted by Gasteiger charge is 2.16. The van der Waals surface area contributed by atoms with Crippen molar-refractivity contribution in [3.8, 4) is 0 Å². The number of Topliss-reactive ketones (excluding diaryl/α,β-unsaturated/α-hetero) is 1.